The highest BCUT2D eigenvalue weighted by Gasteiger charge is 2.31. The third-order valence-corrected chi connectivity index (χ3v) is 5.25. The fourth-order valence-corrected chi connectivity index (χ4v) is 3.82. The number of fused-ring (bicyclic) bond motifs is 1. The molecule has 1 fully saturated rings. The van der Waals surface area contributed by atoms with Crippen LogP contribution in [0.3, 0.4) is 0 Å². The number of carbonyl (C=O) groups is 1. The highest BCUT2D eigenvalue weighted by molar-refractivity contribution is 5.93. The van der Waals surface area contributed by atoms with Crippen LogP contribution in [0.15, 0.2) is 36.8 Å². The minimum Gasteiger partial charge on any atom is -0.336 e. The standard InChI is InChI=1S/C20H24FN5O/c1-2-3-10-24-13-9-22-19(24)15-7-6-11-25(14-15)20(27)17-18(21)26-12-5-4-8-16(26)23-17/h4-5,8-9,12-13,15H,2-3,6-7,10-11,14H2,1H3/t15-/m1/s1. The van der Waals surface area contributed by atoms with E-state index in [4.69, 9.17) is 0 Å². The van der Waals surface area contributed by atoms with Crippen molar-refractivity contribution in [3.05, 3.63) is 54.3 Å². The lowest BCUT2D eigenvalue weighted by Gasteiger charge is -2.32. The van der Waals surface area contributed by atoms with E-state index in [0.717, 1.165) is 38.1 Å². The molecule has 6 nitrogen and oxygen atoms in total. The van der Waals surface area contributed by atoms with Crippen LogP contribution in [-0.4, -0.2) is 42.8 Å². The van der Waals surface area contributed by atoms with Crippen LogP contribution in [0.4, 0.5) is 4.39 Å². The first-order valence-corrected chi connectivity index (χ1v) is 9.62. The molecule has 0 saturated carbocycles. The van der Waals surface area contributed by atoms with Crippen molar-refractivity contribution in [3.8, 4) is 0 Å². The Bertz CT molecular complexity index is 947. The van der Waals surface area contributed by atoms with E-state index in [-0.39, 0.29) is 17.5 Å². The number of carbonyl (C=O) groups excluding carboxylic acids is 1. The Kier molecular flexibility index (Phi) is 4.92. The average Bonchev–Trinajstić information content (AvgIpc) is 3.31. The summed E-state index contributed by atoms with van der Waals surface area (Å²) in [4.78, 5) is 23.4. The second-order valence-corrected chi connectivity index (χ2v) is 7.10. The van der Waals surface area contributed by atoms with Gasteiger partial charge in [-0.3, -0.25) is 9.20 Å². The summed E-state index contributed by atoms with van der Waals surface area (Å²) in [5.41, 5.74) is 0.346. The lowest BCUT2D eigenvalue weighted by Crippen LogP contribution is -2.40. The monoisotopic (exact) mass is 369 g/mol. The highest BCUT2D eigenvalue weighted by Crippen LogP contribution is 2.27. The second-order valence-electron chi connectivity index (χ2n) is 7.10. The maximum absolute atomic E-state index is 14.6. The fraction of sp³-hybridized carbons (Fsp3) is 0.450. The molecule has 3 aromatic heterocycles. The molecule has 3 aromatic rings. The number of hydrogen-bond donors (Lipinski definition) is 0. The molecule has 0 aromatic carbocycles. The molecule has 7 heteroatoms. The summed E-state index contributed by atoms with van der Waals surface area (Å²) in [5, 5.41) is 0. The zero-order valence-corrected chi connectivity index (χ0v) is 15.5. The lowest BCUT2D eigenvalue weighted by molar-refractivity contribution is 0.0692. The quantitative estimate of drug-likeness (QED) is 0.692. The third kappa shape index (κ3) is 3.34. The van der Waals surface area contributed by atoms with Gasteiger partial charge in [-0.25, -0.2) is 9.97 Å². The van der Waals surface area contributed by atoms with Crippen LogP contribution in [0, 0.1) is 5.95 Å². The van der Waals surface area contributed by atoms with Crippen molar-refractivity contribution >= 4 is 11.6 Å². The van der Waals surface area contributed by atoms with E-state index in [2.05, 4.69) is 21.5 Å². The number of amides is 1. The number of unbranched alkanes of at least 4 members (excludes halogenated alkanes) is 1. The summed E-state index contributed by atoms with van der Waals surface area (Å²) in [6.45, 7) is 4.28. The Labute approximate surface area is 157 Å². The van der Waals surface area contributed by atoms with Crippen molar-refractivity contribution in [2.24, 2.45) is 0 Å². The van der Waals surface area contributed by atoms with Crippen molar-refractivity contribution in [1.82, 2.24) is 23.8 Å². The van der Waals surface area contributed by atoms with Crippen LogP contribution in [-0.2, 0) is 6.54 Å². The summed E-state index contributed by atoms with van der Waals surface area (Å²) in [5.74, 6) is 0.265. The Morgan fingerprint density at radius 1 is 1.33 bits per heavy atom. The first kappa shape index (κ1) is 17.7. The van der Waals surface area contributed by atoms with Gasteiger partial charge in [-0.15, -0.1) is 0 Å². The van der Waals surface area contributed by atoms with Gasteiger partial charge >= 0.3 is 0 Å². The van der Waals surface area contributed by atoms with Crippen molar-refractivity contribution in [2.75, 3.05) is 13.1 Å². The van der Waals surface area contributed by atoms with E-state index in [1.807, 2.05) is 12.4 Å². The van der Waals surface area contributed by atoms with E-state index in [9.17, 15) is 9.18 Å². The first-order valence-electron chi connectivity index (χ1n) is 9.62. The van der Waals surface area contributed by atoms with E-state index in [1.165, 1.54) is 4.40 Å². The third-order valence-electron chi connectivity index (χ3n) is 5.25. The Balaban J connectivity index is 1.55. The van der Waals surface area contributed by atoms with Gasteiger partial charge in [-0.1, -0.05) is 19.4 Å². The van der Waals surface area contributed by atoms with Crippen molar-refractivity contribution in [2.45, 2.75) is 45.1 Å². The normalized spacial score (nSPS) is 17.6. The number of aromatic nitrogens is 4. The molecule has 0 spiro atoms. The van der Waals surface area contributed by atoms with Crippen molar-refractivity contribution < 1.29 is 9.18 Å². The number of aryl methyl sites for hydroxylation is 1. The highest BCUT2D eigenvalue weighted by atomic mass is 19.1. The molecule has 1 saturated heterocycles. The van der Waals surface area contributed by atoms with E-state index in [1.54, 1.807) is 29.3 Å². The van der Waals surface area contributed by atoms with Crippen LogP contribution in [0.2, 0.25) is 0 Å². The molecule has 1 aliphatic rings. The average molecular weight is 369 g/mol. The second kappa shape index (κ2) is 7.50. The Morgan fingerprint density at radius 2 is 2.22 bits per heavy atom. The van der Waals surface area contributed by atoms with Gasteiger partial charge in [-0.2, -0.15) is 4.39 Å². The zero-order chi connectivity index (χ0) is 18.8. The molecule has 1 atom stereocenters. The zero-order valence-electron chi connectivity index (χ0n) is 15.5. The minimum atomic E-state index is -0.595. The van der Waals surface area contributed by atoms with Gasteiger partial charge in [0.2, 0.25) is 5.95 Å². The molecule has 1 amide bonds. The molecule has 0 N–H and O–H groups in total. The SMILES string of the molecule is CCCCn1ccnc1[C@@H]1CCCN(C(=O)c2nc3ccccn3c2F)C1. The van der Waals surface area contributed by atoms with Crippen LogP contribution in [0.1, 0.15) is 54.8 Å². The number of hydrogen-bond acceptors (Lipinski definition) is 3. The van der Waals surface area contributed by atoms with E-state index < -0.39 is 5.95 Å². The molecule has 0 unspecified atom stereocenters. The van der Waals surface area contributed by atoms with Crippen LogP contribution in [0.5, 0.6) is 0 Å². The van der Waals surface area contributed by atoms with Gasteiger partial charge in [0.1, 0.15) is 11.5 Å². The van der Waals surface area contributed by atoms with Gasteiger partial charge in [0.05, 0.1) is 0 Å². The summed E-state index contributed by atoms with van der Waals surface area (Å²) in [7, 11) is 0. The minimum absolute atomic E-state index is 0.101. The predicted molar refractivity (Wildman–Crippen MR) is 100 cm³/mol. The van der Waals surface area contributed by atoms with Crippen molar-refractivity contribution in [3.63, 3.8) is 0 Å². The summed E-state index contributed by atoms with van der Waals surface area (Å²) in [6.07, 6.45) is 9.51. The summed E-state index contributed by atoms with van der Waals surface area (Å²) in [6, 6.07) is 5.20. The van der Waals surface area contributed by atoms with Gasteiger partial charge in [-0.05, 0) is 31.4 Å². The Morgan fingerprint density at radius 3 is 3.04 bits per heavy atom. The maximum Gasteiger partial charge on any atom is 0.277 e. The number of pyridine rings is 1. The molecule has 142 valence electrons. The number of halogens is 1. The smallest absolute Gasteiger partial charge is 0.277 e. The van der Waals surface area contributed by atoms with E-state index in [0.29, 0.717) is 18.7 Å². The summed E-state index contributed by atoms with van der Waals surface area (Å²) >= 11 is 0. The van der Waals surface area contributed by atoms with Crippen LogP contribution >= 0.6 is 0 Å². The molecule has 1 aliphatic heterocycles. The molecule has 4 rings (SSSR count). The largest absolute Gasteiger partial charge is 0.336 e. The van der Waals surface area contributed by atoms with E-state index >= 15 is 0 Å². The van der Waals surface area contributed by atoms with Gasteiger partial charge in [0.15, 0.2) is 5.69 Å². The van der Waals surface area contributed by atoms with Crippen LogP contribution in [0.25, 0.3) is 5.65 Å². The predicted octanol–water partition coefficient (Wildman–Crippen LogP) is 3.49. The first-order chi connectivity index (χ1) is 13.2. The fourth-order valence-electron chi connectivity index (χ4n) is 3.82. The topological polar surface area (TPSA) is 55.4 Å². The molecular formula is C20H24FN5O. The van der Waals surface area contributed by atoms with Gasteiger partial charge in [0.25, 0.3) is 5.91 Å². The van der Waals surface area contributed by atoms with Gasteiger partial charge in [0, 0.05) is 44.1 Å². The molecule has 0 radical (unpaired) electrons. The molecular weight excluding hydrogens is 345 g/mol. The molecule has 27 heavy (non-hydrogen) atoms. The number of rotatable bonds is 5. The number of nitrogens with zero attached hydrogens (tertiary/aromatic N) is 5. The Hall–Kier alpha value is -2.70. The van der Waals surface area contributed by atoms with Crippen LogP contribution < -0.4 is 0 Å². The molecule has 4 heterocycles. The number of piperidine rings is 1. The maximum atomic E-state index is 14.6. The van der Waals surface area contributed by atoms with Gasteiger partial charge < -0.3 is 9.47 Å². The lowest BCUT2D eigenvalue weighted by atomic mass is 9.96. The molecule has 0 aliphatic carbocycles. The number of imidazole rings is 2. The summed E-state index contributed by atoms with van der Waals surface area (Å²) < 4.78 is 18.1. The number of likely N-dealkylation sites (tertiary alicyclic amines) is 1. The van der Waals surface area contributed by atoms with Crippen molar-refractivity contribution in [1.29, 1.82) is 0 Å². The molecule has 0 bridgehead atoms.